The number of halogens is 3. The number of amides is 2. The summed E-state index contributed by atoms with van der Waals surface area (Å²) in [4.78, 5) is 26.9. The molecule has 8 heteroatoms. The third-order valence-electron chi connectivity index (χ3n) is 4.31. The minimum atomic E-state index is -4.79. The van der Waals surface area contributed by atoms with Gasteiger partial charge in [0, 0.05) is 12.2 Å². The van der Waals surface area contributed by atoms with Crippen molar-refractivity contribution in [1.82, 2.24) is 4.90 Å². The van der Waals surface area contributed by atoms with Crippen molar-refractivity contribution in [3.8, 4) is 5.75 Å². The van der Waals surface area contributed by atoms with Gasteiger partial charge in [0.25, 0.3) is 11.8 Å². The largest absolute Gasteiger partial charge is 0.573 e. The average molecular weight is 404 g/mol. The first-order valence-corrected chi connectivity index (χ1v) is 9.00. The smallest absolute Gasteiger partial charge is 0.406 e. The van der Waals surface area contributed by atoms with Crippen molar-refractivity contribution in [1.29, 1.82) is 0 Å². The van der Waals surface area contributed by atoms with Gasteiger partial charge in [-0.25, -0.2) is 0 Å². The first-order valence-electron chi connectivity index (χ1n) is 9.00. The highest BCUT2D eigenvalue weighted by Gasteiger charge is 2.38. The second kappa shape index (κ2) is 7.98. The summed E-state index contributed by atoms with van der Waals surface area (Å²) in [5.41, 5.74) is 2.29. The molecule has 2 aromatic rings. The second-order valence-corrected chi connectivity index (χ2v) is 6.58. The highest BCUT2D eigenvalue weighted by molar-refractivity contribution is 6.36. The predicted molar refractivity (Wildman–Crippen MR) is 102 cm³/mol. The molecule has 0 saturated carbocycles. The first kappa shape index (κ1) is 20.4. The van der Waals surface area contributed by atoms with Crippen LogP contribution in [0.4, 0.5) is 18.9 Å². The zero-order valence-corrected chi connectivity index (χ0v) is 15.8. The van der Waals surface area contributed by atoms with Crippen LogP contribution in [-0.4, -0.2) is 29.6 Å². The van der Waals surface area contributed by atoms with Gasteiger partial charge in [0.2, 0.25) is 0 Å². The molecule has 0 fully saturated rings. The number of imide groups is 1. The van der Waals surface area contributed by atoms with Crippen LogP contribution in [0, 0.1) is 6.92 Å². The number of ether oxygens (including phenoxy) is 1. The number of hydrogen-bond acceptors (Lipinski definition) is 4. The number of nitrogens with zero attached hydrogens (tertiary/aromatic N) is 1. The Kier molecular flexibility index (Phi) is 5.63. The number of carbonyl (C=O) groups excluding carboxylic acids is 2. The van der Waals surface area contributed by atoms with Crippen molar-refractivity contribution >= 4 is 23.1 Å². The van der Waals surface area contributed by atoms with Gasteiger partial charge in [0.05, 0.1) is 5.57 Å². The zero-order chi connectivity index (χ0) is 21.2. The van der Waals surface area contributed by atoms with Crippen molar-refractivity contribution in [3.05, 3.63) is 65.4 Å². The molecule has 29 heavy (non-hydrogen) atoms. The van der Waals surface area contributed by atoms with Gasteiger partial charge in [-0.1, -0.05) is 36.8 Å². The molecule has 1 aliphatic heterocycles. The Morgan fingerprint density at radius 3 is 2.14 bits per heavy atom. The number of hydrogen-bond donors (Lipinski definition) is 1. The molecule has 1 N–H and O–H groups in total. The fourth-order valence-corrected chi connectivity index (χ4v) is 2.99. The summed E-state index contributed by atoms with van der Waals surface area (Å²) >= 11 is 0. The Morgan fingerprint density at radius 2 is 1.59 bits per heavy atom. The van der Waals surface area contributed by atoms with Crippen LogP contribution in [0.1, 0.15) is 24.5 Å². The lowest BCUT2D eigenvalue weighted by atomic mass is 10.0. The van der Waals surface area contributed by atoms with Crippen LogP contribution in [0.15, 0.2) is 54.2 Å². The van der Waals surface area contributed by atoms with Crippen LogP contribution in [0.5, 0.6) is 5.75 Å². The Bertz CT molecular complexity index is 949. The lowest BCUT2D eigenvalue weighted by Crippen LogP contribution is -2.33. The third-order valence-corrected chi connectivity index (χ3v) is 4.31. The van der Waals surface area contributed by atoms with Crippen molar-refractivity contribution in [2.45, 2.75) is 26.6 Å². The number of carbonyl (C=O) groups is 2. The number of alkyl halides is 3. The maximum absolute atomic E-state index is 12.9. The van der Waals surface area contributed by atoms with E-state index >= 15 is 0 Å². The van der Waals surface area contributed by atoms with E-state index in [4.69, 9.17) is 0 Å². The maximum Gasteiger partial charge on any atom is 0.573 e. The van der Waals surface area contributed by atoms with Gasteiger partial charge in [0.15, 0.2) is 0 Å². The van der Waals surface area contributed by atoms with Gasteiger partial charge in [-0.3, -0.25) is 14.5 Å². The van der Waals surface area contributed by atoms with Crippen LogP contribution in [0.3, 0.4) is 0 Å². The van der Waals surface area contributed by atoms with Gasteiger partial charge >= 0.3 is 6.36 Å². The Morgan fingerprint density at radius 1 is 0.966 bits per heavy atom. The fraction of sp³-hybridized carbons (Fsp3) is 0.238. The topological polar surface area (TPSA) is 58.6 Å². The standard InChI is InChI=1S/C21H19F3N2O3/c1-3-12-26-19(27)17(14-6-4-13(2)5-7-14)18(20(26)28)25-15-8-10-16(11-9-15)29-21(22,23)24/h4-11,25H,3,12H2,1-2H3. The van der Waals surface area contributed by atoms with E-state index in [0.717, 1.165) is 17.7 Å². The highest BCUT2D eigenvalue weighted by atomic mass is 19.4. The molecule has 0 bridgehead atoms. The Labute approximate surface area is 165 Å². The molecule has 2 amide bonds. The molecule has 0 atom stereocenters. The molecule has 1 heterocycles. The molecular weight excluding hydrogens is 385 g/mol. The lowest BCUT2D eigenvalue weighted by molar-refractivity contribution is -0.274. The van der Waals surface area contributed by atoms with Crippen LogP contribution >= 0.6 is 0 Å². The van der Waals surface area contributed by atoms with Gasteiger partial charge in [0.1, 0.15) is 11.4 Å². The summed E-state index contributed by atoms with van der Waals surface area (Å²) in [6.07, 6.45) is -4.18. The van der Waals surface area contributed by atoms with Gasteiger partial charge in [-0.2, -0.15) is 0 Å². The van der Waals surface area contributed by atoms with Crippen LogP contribution in [0.25, 0.3) is 5.57 Å². The van der Waals surface area contributed by atoms with E-state index in [0.29, 0.717) is 17.7 Å². The number of anilines is 1. The number of benzene rings is 2. The van der Waals surface area contributed by atoms with E-state index in [-0.39, 0.29) is 23.6 Å². The Balaban J connectivity index is 1.95. The third kappa shape index (κ3) is 4.59. The molecule has 152 valence electrons. The molecule has 0 saturated heterocycles. The monoisotopic (exact) mass is 404 g/mol. The van der Waals surface area contributed by atoms with Crippen molar-refractivity contribution in [2.24, 2.45) is 0 Å². The first-order chi connectivity index (χ1) is 13.7. The average Bonchev–Trinajstić information content (AvgIpc) is 2.88. The van der Waals surface area contributed by atoms with Crippen molar-refractivity contribution < 1.29 is 27.5 Å². The minimum absolute atomic E-state index is 0.0943. The zero-order valence-electron chi connectivity index (χ0n) is 15.8. The molecule has 0 aliphatic carbocycles. The van der Waals surface area contributed by atoms with E-state index in [9.17, 15) is 22.8 Å². The predicted octanol–water partition coefficient (Wildman–Crippen LogP) is 4.50. The quantitative estimate of drug-likeness (QED) is 0.721. The van der Waals surface area contributed by atoms with E-state index in [1.165, 1.54) is 17.0 Å². The van der Waals surface area contributed by atoms with Crippen LogP contribution < -0.4 is 10.1 Å². The summed E-state index contributed by atoms with van der Waals surface area (Å²) in [6.45, 7) is 4.04. The van der Waals surface area contributed by atoms with E-state index in [2.05, 4.69) is 10.1 Å². The van der Waals surface area contributed by atoms with E-state index in [1.807, 2.05) is 26.0 Å². The molecule has 2 aromatic carbocycles. The second-order valence-electron chi connectivity index (χ2n) is 6.58. The summed E-state index contributed by atoms with van der Waals surface area (Å²) in [7, 11) is 0. The summed E-state index contributed by atoms with van der Waals surface area (Å²) in [6, 6.07) is 12.1. The molecular formula is C21H19F3N2O3. The SMILES string of the molecule is CCCN1C(=O)C(Nc2ccc(OC(F)(F)F)cc2)=C(c2ccc(C)cc2)C1=O. The molecule has 0 spiro atoms. The van der Waals surface area contributed by atoms with Crippen LogP contribution in [0.2, 0.25) is 0 Å². The summed E-state index contributed by atoms with van der Waals surface area (Å²) in [5, 5.41) is 2.89. The molecule has 0 unspecified atom stereocenters. The number of aryl methyl sites for hydroxylation is 1. The lowest BCUT2D eigenvalue weighted by Gasteiger charge is -2.14. The van der Waals surface area contributed by atoms with Gasteiger partial charge in [-0.15, -0.1) is 13.2 Å². The van der Waals surface area contributed by atoms with E-state index in [1.54, 1.807) is 12.1 Å². The maximum atomic E-state index is 12.9. The van der Waals surface area contributed by atoms with Crippen molar-refractivity contribution in [2.75, 3.05) is 11.9 Å². The Hall–Kier alpha value is -3.29. The number of rotatable bonds is 6. The van der Waals surface area contributed by atoms with Crippen LogP contribution in [-0.2, 0) is 9.59 Å². The molecule has 0 aromatic heterocycles. The van der Waals surface area contributed by atoms with Gasteiger partial charge < -0.3 is 10.1 Å². The summed E-state index contributed by atoms with van der Waals surface area (Å²) in [5.74, 6) is -1.25. The molecule has 0 radical (unpaired) electrons. The van der Waals surface area contributed by atoms with Crippen molar-refractivity contribution in [3.63, 3.8) is 0 Å². The molecule has 5 nitrogen and oxygen atoms in total. The molecule has 1 aliphatic rings. The fourth-order valence-electron chi connectivity index (χ4n) is 2.99. The minimum Gasteiger partial charge on any atom is -0.406 e. The number of nitrogens with one attached hydrogen (secondary N) is 1. The molecule has 3 rings (SSSR count). The normalized spacial score (nSPS) is 14.6. The summed E-state index contributed by atoms with van der Waals surface area (Å²) < 4.78 is 40.8. The van der Waals surface area contributed by atoms with Gasteiger partial charge in [-0.05, 0) is 43.2 Å². The highest BCUT2D eigenvalue weighted by Crippen LogP contribution is 2.31. The van der Waals surface area contributed by atoms with E-state index < -0.39 is 18.2 Å².